The first-order valence-electron chi connectivity index (χ1n) is 6.17. The number of halogens is 1. The fourth-order valence-corrected chi connectivity index (χ4v) is 5.24. The van der Waals surface area contributed by atoms with Crippen molar-refractivity contribution in [1.29, 1.82) is 0 Å². The molecule has 2 heterocycles. The van der Waals surface area contributed by atoms with Gasteiger partial charge in [0.1, 0.15) is 5.01 Å². The molecule has 1 aliphatic rings. The molecular formula is C13H15BrN2S2. The lowest BCUT2D eigenvalue weighted by molar-refractivity contribution is 0.661. The second-order valence-corrected chi connectivity index (χ2v) is 7.24. The van der Waals surface area contributed by atoms with E-state index in [0.29, 0.717) is 0 Å². The molecule has 0 spiro atoms. The van der Waals surface area contributed by atoms with Crippen LogP contribution in [0.1, 0.15) is 40.0 Å². The molecule has 0 bridgehead atoms. The molecule has 2 aromatic rings. The first-order valence-corrected chi connectivity index (χ1v) is 8.72. The number of rotatable bonds is 3. The minimum Gasteiger partial charge on any atom is -0.307 e. The summed E-state index contributed by atoms with van der Waals surface area (Å²) in [6.45, 7) is 0. The molecule has 1 atom stereocenters. The van der Waals surface area contributed by atoms with Crippen LogP contribution in [0.15, 0.2) is 15.2 Å². The number of thiazole rings is 1. The van der Waals surface area contributed by atoms with Gasteiger partial charge in [-0.3, -0.25) is 0 Å². The summed E-state index contributed by atoms with van der Waals surface area (Å²) in [5.41, 5.74) is 2.64. The van der Waals surface area contributed by atoms with E-state index < -0.39 is 0 Å². The van der Waals surface area contributed by atoms with Gasteiger partial charge in [-0.1, -0.05) is 0 Å². The Hall–Kier alpha value is -0.230. The van der Waals surface area contributed by atoms with Crippen LogP contribution < -0.4 is 5.32 Å². The van der Waals surface area contributed by atoms with E-state index in [1.54, 1.807) is 11.3 Å². The zero-order chi connectivity index (χ0) is 12.5. The largest absolute Gasteiger partial charge is 0.307 e. The third-order valence-corrected chi connectivity index (χ3v) is 6.33. The van der Waals surface area contributed by atoms with Gasteiger partial charge in [-0.05, 0) is 54.0 Å². The highest BCUT2D eigenvalue weighted by Crippen LogP contribution is 2.36. The fourth-order valence-electron chi connectivity index (χ4n) is 2.40. The number of nitrogens with one attached hydrogen (secondary N) is 1. The fraction of sp³-hybridized carbons (Fsp3) is 0.462. The topological polar surface area (TPSA) is 24.9 Å². The molecule has 1 unspecified atom stereocenters. The molecule has 3 rings (SSSR count). The molecule has 2 aromatic heterocycles. The van der Waals surface area contributed by atoms with Gasteiger partial charge in [-0.15, -0.1) is 11.3 Å². The van der Waals surface area contributed by atoms with Gasteiger partial charge in [0, 0.05) is 20.3 Å². The van der Waals surface area contributed by atoms with Crippen molar-refractivity contribution < 1.29 is 0 Å². The molecule has 0 radical (unpaired) electrons. The zero-order valence-electron chi connectivity index (χ0n) is 10.2. The van der Waals surface area contributed by atoms with Crippen LogP contribution in [-0.4, -0.2) is 12.0 Å². The Kier molecular flexibility index (Phi) is 3.84. The highest BCUT2D eigenvalue weighted by molar-refractivity contribution is 9.10. The summed E-state index contributed by atoms with van der Waals surface area (Å²) in [6, 6.07) is 0.223. The smallest absolute Gasteiger partial charge is 0.115 e. The first-order chi connectivity index (χ1) is 8.79. The molecule has 0 aliphatic heterocycles. The normalized spacial score (nSPS) is 16.6. The number of hydrogen-bond donors (Lipinski definition) is 1. The van der Waals surface area contributed by atoms with E-state index >= 15 is 0 Å². The maximum absolute atomic E-state index is 4.86. The van der Waals surface area contributed by atoms with Gasteiger partial charge in [-0.2, -0.15) is 11.3 Å². The van der Waals surface area contributed by atoms with Crippen LogP contribution in [0, 0.1) is 0 Å². The van der Waals surface area contributed by atoms with Crippen LogP contribution in [0.5, 0.6) is 0 Å². The van der Waals surface area contributed by atoms with Crippen LogP contribution >= 0.6 is 38.6 Å². The highest BCUT2D eigenvalue weighted by Gasteiger charge is 2.22. The van der Waals surface area contributed by atoms with Crippen molar-refractivity contribution in [1.82, 2.24) is 10.3 Å². The van der Waals surface area contributed by atoms with Gasteiger partial charge in [0.05, 0.1) is 11.7 Å². The quantitative estimate of drug-likeness (QED) is 0.905. The number of aromatic nitrogens is 1. The number of thiophene rings is 1. The number of hydrogen-bond acceptors (Lipinski definition) is 4. The van der Waals surface area contributed by atoms with Crippen LogP contribution in [-0.2, 0) is 12.8 Å². The Morgan fingerprint density at radius 3 is 2.83 bits per heavy atom. The second-order valence-electron chi connectivity index (χ2n) is 4.53. The lowest BCUT2D eigenvalue weighted by Gasteiger charge is -2.12. The molecule has 0 saturated heterocycles. The summed E-state index contributed by atoms with van der Waals surface area (Å²) < 4.78 is 1.18. The molecule has 5 heteroatoms. The van der Waals surface area contributed by atoms with Crippen LogP contribution in [0.25, 0.3) is 0 Å². The minimum absolute atomic E-state index is 0.223. The van der Waals surface area contributed by atoms with Crippen molar-refractivity contribution >= 4 is 38.6 Å². The number of fused-ring (bicyclic) bond motifs is 1. The molecule has 18 heavy (non-hydrogen) atoms. The highest BCUT2D eigenvalue weighted by atomic mass is 79.9. The SMILES string of the molecule is CNC(c1nc2c(s1)CCCC2)c1cscc1Br. The van der Waals surface area contributed by atoms with E-state index in [1.165, 1.54) is 44.9 Å². The van der Waals surface area contributed by atoms with Crippen LogP contribution in [0.4, 0.5) is 0 Å². The molecule has 0 fully saturated rings. The van der Waals surface area contributed by atoms with Crippen molar-refractivity contribution in [3.8, 4) is 0 Å². The first kappa shape index (κ1) is 12.8. The summed E-state index contributed by atoms with van der Waals surface area (Å²) in [6.07, 6.45) is 4.99. The summed E-state index contributed by atoms with van der Waals surface area (Å²) in [5.74, 6) is 0. The van der Waals surface area contributed by atoms with Crippen molar-refractivity contribution in [2.45, 2.75) is 31.7 Å². The van der Waals surface area contributed by atoms with Crippen molar-refractivity contribution in [2.75, 3.05) is 7.05 Å². The third kappa shape index (κ3) is 2.29. The van der Waals surface area contributed by atoms with E-state index in [1.807, 2.05) is 18.4 Å². The van der Waals surface area contributed by atoms with Gasteiger partial charge in [0.25, 0.3) is 0 Å². The summed E-state index contributed by atoms with van der Waals surface area (Å²) >= 11 is 7.24. The molecule has 2 nitrogen and oxygen atoms in total. The molecule has 96 valence electrons. The average molecular weight is 343 g/mol. The van der Waals surface area contributed by atoms with E-state index in [9.17, 15) is 0 Å². The Morgan fingerprint density at radius 1 is 1.33 bits per heavy atom. The van der Waals surface area contributed by atoms with Crippen LogP contribution in [0.3, 0.4) is 0 Å². The minimum atomic E-state index is 0.223. The van der Waals surface area contributed by atoms with Crippen LogP contribution in [0.2, 0.25) is 0 Å². The number of aryl methyl sites for hydroxylation is 2. The molecule has 0 amide bonds. The van der Waals surface area contributed by atoms with E-state index in [4.69, 9.17) is 4.98 Å². The predicted octanol–water partition coefficient (Wildman–Crippen LogP) is 4.15. The maximum atomic E-state index is 4.86. The standard InChI is InChI=1S/C13H15BrN2S2/c1-15-12(8-6-17-7-9(8)14)13-16-10-4-2-3-5-11(10)18-13/h6-7,12,15H,2-5H2,1H3. The van der Waals surface area contributed by atoms with E-state index in [-0.39, 0.29) is 6.04 Å². The van der Waals surface area contributed by atoms with Crippen molar-refractivity contribution in [3.63, 3.8) is 0 Å². The average Bonchev–Trinajstić information content (AvgIpc) is 2.97. The van der Waals surface area contributed by atoms with Gasteiger partial charge >= 0.3 is 0 Å². The molecule has 0 aromatic carbocycles. The number of nitrogens with zero attached hydrogens (tertiary/aromatic N) is 1. The van der Waals surface area contributed by atoms with Gasteiger partial charge in [0.15, 0.2) is 0 Å². The lowest BCUT2D eigenvalue weighted by Crippen LogP contribution is -2.17. The Morgan fingerprint density at radius 2 is 2.17 bits per heavy atom. The Balaban J connectivity index is 1.97. The molecular weight excluding hydrogens is 328 g/mol. The molecule has 0 saturated carbocycles. The second kappa shape index (κ2) is 5.41. The van der Waals surface area contributed by atoms with Gasteiger partial charge in [0.2, 0.25) is 0 Å². The van der Waals surface area contributed by atoms with Crippen molar-refractivity contribution in [2.24, 2.45) is 0 Å². The molecule has 1 aliphatic carbocycles. The van der Waals surface area contributed by atoms with Crippen molar-refractivity contribution in [3.05, 3.63) is 36.4 Å². The Bertz CT molecular complexity index is 523. The summed E-state index contributed by atoms with van der Waals surface area (Å²) in [5, 5.41) is 8.94. The Labute approximate surface area is 124 Å². The van der Waals surface area contributed by atoms with Gasteiger partial charge in [-0.25, -0.2) is 4.98 Å². The lowest BCUT2D eigenvalue weighted by atomic mass is 10.0. The predicted molar refractivity (Wildman–Crippen MR) is 81.7 cm³/mol. The zero-order valence-corrected chi connectivity index (χ0v) is 13.4. The summed E-state index contributed by atoms with van der Waals surface area (Å²) in [4.78, 5) is 6.36. The van der Waals surface area contributed by atoms with E-state index in [2.05, 4.69) is 32.0 Å². The third-order valence-electron chi connectivity index (χ3n) is 3.35. The maximum Gasteiger partial charge on any atom is 0.115 e. The van der Waals surface area contributed by atoms with E-state index in [0.717, 1.165) is 6.42 Å². The summed E-state index contributed by atoms with van der Waals surface area (Å²) in [7, 11) is 2.01. The monoisotopic (exact) mass is 342 g/mol. The molecule has 1 N–H and O–H groups in total. The van der Waals surface area contributed by atoms with Gasteiger partial charge < -0.3 is 5.32 Å².